The molecule has 0 radical (unpaired) electrons. The highest BCUT2D eigenvalue weighted by atomic mass is 79.9. The fourth-order valence-corrected chi connectivity index (χ4v) is 3.09. The first-order valence-corrected chi connectivity index (χ1v) is 11.2. The molecule has 8 heteroatoms. The van der Waals surface area contributed by atoms with Gasteiger partial charge in [-0.2, -0.15) is 5.10 Å². The van der Waals surface area contributed by atoms with E-state index in [0.717, 1.165) is 16.9 Å². The van der Waals surface area contributed by atoms with Crippen molar-refractivity contribution in [2.75, 3.05) is 6.61 Å². The molecule has 0 fully saturated rings. The number of aromatic nitrogens is 2. The Hall–Kier alpha value is -1.25. The molecule has 1 heterocycles. The Bertz CT molecular complexity index is 666. The number of benzene rings is 1. The lowest BCUT2D eigenvalue weighted by Gasteiger charge is -2.15. The van der Waals surface area contributed by atoms with Crippen LogP contribution in [-0.4, -0.2) is 29.4 Å². The van der Waals surface area contributed by atoms with E-state index in [4.69, 9.17) is 4.74 Å². The highest BCUT2D eigenvalue weighted by Gasteiger charge is 2.16. The summed E-state index contributed by atoms with van der Waals surface area (Å²) >= 11 is 3.23. The Kier molecular flexibility index (Phi) is 4.80. The standard InChI is InChI=1S/C13H18BrN3O3Si/c1-21(2,3)5-4-20-9-16-12-7-11(14)13(17(18)19)6-10(12)8-15-16/h6-8H,4-5,9H2,1-3H3. The molecule has 21 heavy (non-hydrogen) atoms. The molecule has 0 amide bonds. The number of nitrogens with zero attached hydrogens (tertiary/aromatic N) is 3. The van der Waals surface area contributed by atoms with Crippen LogP contribution in [0.4, 0.5) is 5.69 Å². The summed E-state index contributed by atoms with van der Waals surface area (Å²) in [5, 5.41) is 15.9. The predicted octanol–water partition coefficient (Wildman–Crippen LogP) is 4.02. The average molecular weight is 372 g/mol. The van der Waals surface area contributed by atoms with E-state index < -0.39 is 13.0 Å². The molecule has 0 aliphatic carbocycles. The summed E-state index contributed by atoms with van der Waals surface area (Å²) in [5.41, 5.74) is 0.863. The molecule has 114 valence electrons. The summed E-state index contributed by atoms with van der Waals surface area (Å²) in [6, 6.07) is 4.33. The van der Waals surface area contributed by atoms with Crippen LogP contribution in [0.2, 0.25) is 25.7 Å². The van der Waals surface area contributed by atoms with Crippen LogP contribution < -0.4 is 0 Å². The smallest absolute Gasteiger partial charge is 0.284 e. The van der Waals surface area contributed by atoms with Crippen molar-refractivity contribution in [1.29, 1.82) is 0 Å². The second kappa shape index (κ2) is 6.25. The largest absolute Gasteiger partial charge is 0.360 e. The van der Waals surface area contributed by atoms with Crippen LogP contribution in [0.5, 0.6) is 0 Å². The van der Waals surface area contributed by atoms with Crippen molar-refractivity contribution in [1.82, 2.24) is 9.78 Å². The summed E-state index contributed by atoms with van der Waals surface area (Å²) in [7, 11) is -1.10. The minimum Gasteiger partial charge on any atom is -0.360 e. The van der Waals surface area contributed by atoms with Crippen molar-refractivity contribution in [3.8, 4) is 0 Å². The molecule has 0 spiro atoms. The molecule has 0 atom stereocenters. The maximum Gasteiger partial charge on any atom is 0.284 e. The van der Waals surface area contributed by atoms with Crippen LogP contribution >= 0.6 is 15.9 Å². The van der Waals surface area contributed by atoms with Gasteiger partial charge in [0, 0.05) is 26.1 Å². The van der Waals surface area contributed by atoms with Crippen LogP contribution in [0.1, 0.15) is 0 Å². The van der Waals surface area contributed by atoms with Gasteiger partial charge in [-0.1, -0.05) is 19.6 Å². The summed E-state index contributed by atoms with van der Waals surface area (Å²) in [4.78, 5) is 10.5. The predicted molar refractivity (Wildman–Crippen MR) is 88.2 cm³/mol. The van der Waals surface area contributed by atoms with E-state index in [2.05, 4.69) is 40.7 Å². The Morgan fingerprint density at radius 1 is 1.43 bits per heavy atom. The van der Waals surface area contributed by atoms with Crippen LogP contribution in [0.15, 0.2) is 22.8 Å². The Labute approximate surface area is 132 Å². The quantitative estimate of drug-likeness (QED) is 0.332. The van der Waals surface area contributed by atoms with Gasteiger partial charge in [-0.3, -0.25) is 10.1 Å². The second-order valence-electron chi connectivity index (χ2n) is 6.11. The van der Waals surface area contributed by atoms with Crippen molar-refractivity contribution >= 4 is 40.6 Å². The topological polar surface area (TPSA) is 70.2 Å². The number of hydrogen-bond donors (Lipinski definition) is 0. The molecule has 0 saturated heterocycles. The molecule has 0 N–H and O–H groups in total. The van der Waals surface area contributed by atoms with E-state index in [9.17, 15) is 10.1 Å². The van der Waals surface area contributed by atoms with E-state index in [0.29, 0.717) is 17.8 Å². The normalized spacial score (nSPS) is 12.0. The van der Waals surface area contributed by atoms with Gasteiger partial charge in [-0.05, 0) is 28.0 Å². The summed E-state index contributed by atoms with van der Waals surface area (Å²) in [6.07, 6.45) is 1.62. The number of hydrogen-bond acceptors (Lipinski definition) is 4. The summed E-state index contributed by atoms with van der Waals surface area (Å²) in [5.74, 6) is 0. The van der Waals surface area contributed by atoms with Gasteiger partial charge in [0.15, 0.2) is 0 Å². The second-order valence-corrected chi connectivity index (χ2v) is 12.6. The van der Waals surface area contributed by atoms with Gasteiger partial charge in [-0.15, -0.1) is 0 Å². The molecule has 0 saturated carbocycles. The Morgan fingerprint density at radius 2 is 2.14 bits per heavy atom. The average Bonchev–Trinajstić information content (AvgIpc) is 2.74. The van der Waals surface area contributed by atoms with Crippen molar-refractivity contribution in [3.05, 3.63) is 32.9 Å². The van der Waals surface area contributed by atoms with Crippen LogP contribution in [0, 0.1) is 10.1 Å². The van der Waals surface area contributed by atoms with E-state index >= 15 is 0 Å². The number of nitro benzene ring substituents is 1. The number of rotatable bonds is 6. The van der Waals surface area contributed by atoms with Crippen molar-refractivity contribution < 1.29 is 9.66 Å². The zero-order chi connectivity index (χ0) is 15.6. The fourth-order valence-electron chi connectivity index (χ4n) is 1.86. The third-order valence-electron chi connectivity index (χ3n) is 3.12. The molecule has 1 aromatic heterocycles. The molecule has 0 aliphatic heterocycles. The SMILES string of the molecule is C[Si](C)(C)CCOCn1ncc2cc([N+](=O)[O-])c(Br)cc21. The van der Waals surface area contributed by atoms with E-state index in [-0.39, 0.29) is 5.69 Å². The molecule has 0 unspecified atom stereocenters. The first-order valence-electron chi connectivity index (χ1n) is 6.65. The van der Waals surface area contributed by atoms with E-state index in [1.807, 2.05) is 0 Å². The number of halogens is 1. The van der Waals surface area contributed by atoms with E-state index in [1.165, 1.54) is 6.07 Å². The zero-order valence-corrected chi connectivity index (χ0v) is 14.9. The van der Waals surface area contributed by atoms with Crippen LogP contribution in [0.25, 0.3) is 10.9 Å². The molecule has 1 aromatic carbocycles. The van der Waals surface area contributed by atoms with Crippen molar-refractivity contribution in [3.63, 3.8) is 0 Å². The number of fused-ring (bicyclic) bond motifs is 1. The Morgan fingerprint density at radius 3 is 2.76 bits per heavy atom. The number of nitro groups is 1. The van der Waals surface area contributed by atoms with Gasteiger partial charge in [-0.25, -0.2) is 4.68 Å². The number of ether oxygens (including phenoxy) is 1. The molecule has 2 aromatic rings. The Balaban J connectivity index is 2.11. The first-order chi connectivity index (χ1) is 9.78. The molecular weight excluding hydrogens is 354 g/mol. The first kappa shape index (κ1) is 16.1. The van der Waals surface area contributed by atoms with Crippen LogP contribution in [-0.2, 0) is 11.5 Å². The monoisotopic (exact) mass is 371 g/mol. The maximum atomic E-state index is 10.9. The molecule has 6 nitrogen and oxygen atoms in total. The molecule has 2 rings (SSSR count). The third kappa shape index (κ3) is 4.11. The highest BCUT2D eigenvalue weighted by Crippen LogP contribution is 2.30. The minimum atomic E-state index is -1.10. The van der Waals surface area contributed by atoms with Gasteiger partial charge in [0.05, 0.1) is 21.1 Å². The molecular formula is C13H18BrN3O3Si. The van der Waals surface area contributed by atoms with Gasteiger partial charge < -0.3 is 4.74 Å². The lowest BCUT2D eigenvalue weighted by atomic mass is 10.2. The minimum absolute atomic E-state index is 0.0432. The molecule has 0 bridgehead atoms. The van der Waals surface area contributed by atoms with Gasteiger partial charge in [0.2, 0.25) is 0 Å². The maximum absolute atomic E-state index is 10.9. The lowest BCUT2D eigenvalue weighted by Crippen LogP contribution is -2.22. The third-order valence-corrected chi connectivity index (χ3v) is 5.46. The van der Waals surface area contributed by atoms with Crippen molar-refractivity contribution in [2.45, 2.75) is 32.4 Å². The summed E-state index contributed by atoms with van der Waals surface area (Å²) in [6.45, 7) is 7.98. The fraction of sp³-hybridized carbons (Fsp3) is 0.462. The summed E-state index contributed by atoms with van der Waals surface area (Å²) < 4.78 is 7.83. The zero-order valence-electron chi connectivity index (χ0n) is 12.3. The van der Waals surface area contributed by atoms with Gasteiger partial charge in [0.1, 0.15) is 6.73 Å². The van der Waals surface area contributed by atoms with Gasteiger partial charge >= 0.3 is 0 Å². The van der Waals surface area contributed by atoms with E-state index in [1.54, 1.807) is 16.9 Å². The van der Waals surface area contributed by atoms with Gasteiger partial charge in [0.25, 0.3) is 5.69 Å². The molecule has 0 aliphatic rings. The lowest BCUT2D eigenvalue weighted by molar-refractivity contribution is -0.385. The van der Waals surface area contributed by atoms with Crippen molar-refractivity contribution in [2.24, 2.45) is 0 Å². The highest BCUT2D eigenvalue weighted by molar-refractivity contribution is 9.10. The van der Waals surface area contributed by atoms with Crippen LogP contribution in [0.3, 0.4) is 0 Å².